The predicted molar refractivity (Wildman–Crippen MR) is 142 cm³/mol. The standard InChI is InChI=1S/C30H40N2O5/c1-29(2,3)37-28(34)31-24-16-19-32(20-24)27(33)26(30(35)17-8-5-9-18-30)23-12-14-25(15-13-23)36-21-22-10-6-4-7-11-22/h4,6-7,10-15,24,26,35H,5,8-9,16-21H2,1-3H3,(H,31,34)/t24-,26?/m1/s1. The third-order valence-electron chi connectivity index (χ3n) is 7.19. The van der Waals surface area contributed by atoms with Crippen LogP contribution in [0, 0.1) is 0 Å². The first kappa shape index (κ1) is 27.0. The minimum Gasteiger partial charge on any atom is -0.489 e. The molecule has 2 aromatic carbocycles. The number of likely N-dealkylation sites (tertiary alicyclic amines) is 1. The lowest BCUT2D eigenvalue weighted by Gasteiger charge is -2.40. The maximum absolute atomic E-state index is 13.9. The molecule has 2 atom stereocenters. The third kappa shape index (κ3) is 7.25. The highest BCUT2D eigenvalue weighted by Crippen LogP contribution is 2.42. The van der Waals surface area contributed by atoms with Crippen LogP contribution in [-0.4, -0.2) is 52.3 Å². The van der Waals surface area contributed by atoms with Crippen molar-refractivity contribution in [2.75, 3.05) is 13.1 Å². The van der Waals surface area contributed by atoms with Crippen LogP contribution in [0.5, 0.6) is 5.75 Å². The molecule has 4 rings (SSSR count). The smallest absolute Gasteiger partial charge is 0.407 e. The topological polar surface area (TPSA) is 88.1 Å². The first-order chi connectivity index (χ1) is 17.6. The summed E-state index contributed by atoms with van der Waals surface area (Å²) in [6.45, 7) is 6.87. The number of amides is 2. The van der Waals surface area contributed by atoms with Crippen molar-refractivity contribution in [3.8, 4) is 5.75 Å². The molecule has 2 amide bonds. The minimum absolute atomic E-state index is 0.0872. The zero-order valence-corrected chi connectivity index (χ0v) is 22.2. The van der Waals surface area contributed by atoms with Gasteiger partial charge in [0.1, 0.15) is 18.0 Å². The van der Waals surface area contributed by atoms with Gasteiger partial charge in [0.25, 0.3) is 0 Å². The molecule has 2 aromatic rings. The van der Waals surface area contributed by atoms with Crippen LogP contribution >= 0.6 is 0 Å². The molecule has 2 fully saturated rings. The fourth-order valence-corrected chi connectivity index (χ4v) is 5.37. The molecular formula is C30H40N2O5. The van der Waals surface area contributed by atoms with Crippen LogP contribution in [0.4, 0.5) is 4.79 Å². The fraction of sp³-hybridized carbons (Fsp3) is 0.533. The number of rotatable bonds is 7. The summed E-state index contributed by atoms with van der Waals surface area (Å²) in [7, 11) is 0. The molecule has 2 aliphatic rings. The van der Waals surface area contributed by atoms with Crippen LogP contribution in [0.15, 0.2) is 54.6 Å². The average molecular weight is 509 g/mol. The van der Waals surface area contributed by atoms with Crippen LogP contribution in [0.25, 0.3) is 0 Å². The van der Waals surface area contributed by atoms with Gasteiger partial charge in [-0.15, -0.1) is 0 Å². The summed E-state index contributed by atoms with van der Waals surface area (Å²) in [6, 6.07) is 17.4. The van der Waals surface area contributed by atoms with E-state index in [1.807, 2.05) is 75.4 Å². The van der Waals surface area contributed by atoms with E-state index in [2.05, 4.69) is 5.32 Å². The summed E-state index contributed by atoms with van der Waals surface area (Å²) < 4.78 is 11.3. The molecule has 1 saturated carbocycles. The lowest BCUT2D eigenvalue weighted by Crippen LogP contribution is -2.48. The fourth-order valence-electron chi connectivity index (χ4n) is 5.37. The van der Waals surface area contributed by atoms with Crippen molar-refractivity contribution in [2.45, 2.75) is 89.1 Å². The number of alkyl carbamates (subject to hydrolysis) is 1. The van der Waals surface area contributed by atoms with Gasteiger partial charge in [0.15, 0.2) is 0 Å². The van der Waals surface area contributed by atoms with E-state index in [1.165, 1.54) is 0 Å². The average Bonchev–Trinajstić information content (AvgIpc) is 3.32. The van der Waals surface area contributed by atoms with Crippen molar-refractivity contribution in [2.24, 2.45) is 0 Å². The van der Waals surface area contributed by atoms with E-state index in [9.17, 15) is 14.7 Å². The first-order valence-electron chi connectivity index (χ1n) is 13.4. The molecule has 7 nitrogen and oxygen atoms in total. The number of hydrogen-bond acceptors (Lipinski definition) is 5. The second-order valence-corrected chi connectivity index (χ2v) is 11.4. The van der Waals surface area contributed by atoms with Crippen LogP contribution in [-0.2, 0) is 16.1 Å². The monoisotopic (exact) mass is 508 g/mol. The Morgan fingerprint density at radius 2 is 1.73 bits per heavy atom. The van der Waals surface area contributed by atoms with Gasteiger partial charge in [0.2, 0.25) is 5.91 Å². The summed E-state index contributed by atoms with van der Waals surface area (Å²) in [5, 5.41) is 14.6. The van der Waals surface area contributed by atoms with Crippen molar-refractivity contribution in [1.82, 2.24) is 10.2 Å². The summed E-state index contributed by atoms with van der Waals surface area (Å²) >= 11 is 0. The molecule has 1 aliphatic heterocycles. The summed E-state index contributed by atoms with van der Waals surface area (Å²) in [6.07, 6.45) is 4.26. The van der Waals surface area contributed by atoms with Gasteiger partial charge < -0.3 is 24.8 Å². The first-order valence-corrected chi connectivity index (χ1v) is 13.4. The number of hydrogen-bond donors (Lipinski definition) is 2. The van der Waals surface area contributed by atoms with E-state index in [0.717, 1.165) is 36.1 Å². The highest BCUT2D eigenvalue weighted by Gasteiger charge is 2.45. The highest BCUT2D eigenvalue weighted by molar-refractivity contribution is 5.85. The van der Waals surface area contributed by atoms with Gasteiger partial charge in [0, 0.05) is 13.1 Å². The number of aliphatic hydroxyl groups is 1. The Kier molecular flexibility index (Phi) is 8.42. The molecule has 2 N–H and O–H groups in total. The molecule has 0 spiro atoms. The van der Waals surface area contributed by atoms with E-state index in [4.69, 9.17) is 9.47 Å². The molecule has 0 radical (unpaired) electrons. The Morgan fingerprint density at radius 1 is 1.05 bits per heavy atom. The second-order valence-electron chi connectivity index (χ2n) is 11.4. The Balaban J connectivity index is 1.46. The Bertz CT molecular complexity index is 1040. The lowest BCUT2D eigenvalue weighted by molar-refractivity contribution is -0.140. The van der Waals surface area contributed by atoms with E-state index in [1.54, 1.807) is 4.90 Å². The molecule has 1 saturated heterocycles. The number of carbonyl (C=O) groups excluding carboxylic acids is 2. The van der Waals surface area contributed by atoms with Crippen LogP contribution in [0.1, 0.15) is 76.3 Å². The molecule has 200 valence electrons. The molecule has 1 aliphatic carbocycles. The van der Waals surface area contributed by atoms with Crippen molar-refractivity contribution in [3.63, 3.8) is 0 Å². The van der Waals surface area contributed by atoms with Crippen LogP contribution in [0.2, 0.25) is 0 Å². The Hall–Kier alpha value is -3.06. The molecular weight excluding hydrogens is 468 g/mol. The molecule has 1 heterocycles. The molecule has 0 aromatic heterocycles. The number of benzene rings is 2. The summed E-state index contributed by atoms with van der Waals surface area (Å²) in [4.78, 5) is 27.9. The van der Waals surface area contributed by atoms with Gasteiger partial charge in [-0.25, -0.2) is 4.79 Å². The second kappa shape index (κ2) is 11.5. The van der Waals surface area contributed by atoms with Crippen molar-refractivity contribution >= 4 is 12.0 Å². The third-order valence-corrected chi connectivity index (χ3v) is 7.19. The summed E-state index contributed by atoms with van der Waals surface area (Å²) in [5.41, 5.74) is 0.216. The largest absolute Gasteiger partial charge is 0.489 e. The Morgan fingerprint density at radius 3 is 2.38 bits per heavy atom. The molecule has 0 bridgehead atoms. The zero-order valence-electron chi connectivity index (χ0n) is 22.2. The van der Waals surface area contributed by atoms with Gasteiger partial charge in [-0.05, 0) is 63.3 Å². The normalized spacial score (nSPS) is 20.2. The van der Waals surface area contributed by atoms with E-state index in [0.29, 0.717) is 39.0 Å². The van der Waals surface area contributed by atoms with E-state index in [-0.39, 0.29) is 11.9 Å². The summed E-state index contributed by atoms with van der Waals surface area (Å²) in [5.74, 6) is -0.0238. The molecule has 37 heavy (non-hydrogen) atoms. The SMILES string of the molecule is CC(C)(C)OC(=O)N[C@@H]1CCN(C(=O)C(c2ccc(OCc3ccccc3)cc2)C2(O)CCCCC2)C1. The minimum atomic E-state index is -1.08. The van der Waals surface area contributed by atoms with Crippen molar-refractivity contribution in [1.29, 1.82) is 0 Å². The van der Waals surface area contributed by atoms with E-state index >= 15 is 0 Å². The van der Waals surface area contributed by atoms with Gasteiger partial charge in [-0.2, -0.15) is 0 Å². The predicted octanol–water partition coefficient (Wildman–Crippen LogP) is 5.17. The molecule has 7 heteroatoms. The van der Waals surface area contributed by atoms with E-state index < -0.39 is 23.2 Å². The maximum Gasteiger partial charge on any atom is 0.407 e. The quantitative estimate of drug-likeness (QED) is 0.539. The number of ether oxygens (including phenoxy) is 2. The van der Waals surface area contributed by atoms with Gasteiger partial charge in [-0.1, -0.05) is 61.7 Å². The number of nitrogens with zero attached hydrogens (tertiary/aromatic N) is 1. The van der Waals surface area contributed by atoms with Crippen LogP contribution in [0.3, 0.4) is 0 Å². The van der Waals surface area contributed by atoms with Gasteiger partial charge >= 0.3 is 6.09 Å². The number of nitrogens with one attached hydrogen (secondary N) is 1. The zero-order chi connectivity index (χ0) is 26.5. The highest BCUT2D eigenvalue weighted by atomic mass is 16.6. The Labute approximate surface area is 220 Å². The maximum atomic E-state index is 13.9. The lowest BCUT2D eigenvalue weighted by atomic mass is 9.72. The number of carbonyl (C=O) groups is 2. The molecule has 1 unspecified atom stereocenters. The van der Waals surface area contributed by atoms with Crippen molar-refractivity contribution in [3.05, 3.63) is 65.7 Å². The van der Waals surface area contributed by atoms with Crippen molar-refractivity contribution < 1.29 is 24.2 Å². The van der Waals surface area contributed by atoms with Gasteiger partial charge in [0.05, 0.1) is 17.6 Å². The van der Waals surface area contributed by atoms with Crippen LogP contribution < -0.4 is 10.1 Å². The van der Waals surface area contributed by atoms with Gasteiger partial charge in [-0.3, -0.25) is 4.79 Å².